The predicted molar refractivity (Wildman–Crippen MR) is 101 cm³/mol. The highest BCUT2D eigenvalue weighted by Crippen LogP contribution is 2.33. The van der Waals surface area contributed by atoms with E-state index in [1.165, 1.54) is 0 Å². The van der Waals surface area contributed by atoms with Crippen molar-refractivity contribution in [3.05, 3.63) is 29.8 Å². The molecular formula is C19H28N2O2S. The van der Waals surface area contributed by atoms with Crippen LogP contribution in [0.1, 0.15) is 51.5 Å². The highest BCUT2D eigenvalue weighted by atomic mass is 32.2. The molecule has 1 aliphatic rings. The second-order valence-corrected chi connectivity index (χ2v) is 7.56. The molecule has 5 heteroatoms. The molecule has 1 N–H and O–H groups in total. The van der Waals surface area contributed by atoms with E-state index in [9.17, 15) is 9.59 Å². The first-order chi connectivity index (χ1) is 11.6. The van der Waals surface area contributed by atoms with Crippen molar-refractivity contribution in [1.82, 2.24) is 4.90 Å². The maximum Gasteiger partial charge on any atom is 0.248 e. The van der Waals surface area contributed by atoms with Crippen LogP contribution < -0.4 is 5.32 Å². The molecule has 0 saturated carbocycles. The van der Waals surface area contributed by atoms with Gasteiger partial charge in [0.1, 0.15) is 6.04 Å². The second kappa shape index (κ2) is 9.11. The summed E-state index contributed by atoms with van der Waals surface area (Å²) in [6, 6.07) is 7.40. The molecule has 0 aromatic heterocycles. The minimum atomic E-state index is -0.364. The monoisotopic (exact) mass is 348 g/mol. The van der Waals surface area contributed by atoms with Gasteiger partial charge < -0.3 is 10.2 Å². The summed E-state index contributed by atoms with van der Waals surface area (Å²) in [6.45, 7) is 6.22. The lowest BCUT2D eigenvalue weighted by Crippen LogP contribution is -2.47. The van der Waals surface area contributed by atoms with Gasteiger partial charge in [-0.05, 0) is 31.9 Å². The molecule has 1 fully saturated rings. The third kappa shape index (κ3) is 4.76. The van der Waals surface area contributed by atoms with E-state index in [4.69, 9.17) is 0 Å². The van der Waals surface area contributed by atoms with Crippen LogP contribution in [0.5, 0.6) is 0 Å². The average Bonchev–Trinajstić information content (AvgIpc) is 2.99. The van der Waals surface area contributed by atoms with Gasteiger partial charge in [0.05, 0.1) is 5.37 Å². The molecule has 4 nitrogen and oxygen atoms in total. The molecule has 24 heavy (non-hydrogen) atoms. The zero-order valence-corrected chi connectivity index (χ0v) is 15.7. The summed E-state index contributed by atoms with van der Waals surface area (Å²) in [5, 5.41) is 3.10. The molecule has 1 aliphatic heterocycles. The van der Waals surface area contributed by atoms with Crippen LogP contribution in [-0.2, 0) is 9.59 Å². The first-order valence-electron chi connectivity index (χ1n) is 8.87. The lowest BCUT2D eigenvalue weighted by atomic mass is 10.1. The Morgan fingerprint density at radius 2 is 1.92 bits per heavy atom. The number of benzene rings is 1. The number of carbonyl (C=O) groups is 2. The number of nitrogens with one attached hydrogen (secondary N) is 1. The number of hydrogen-bond donors (Lipinski definition) is 1. The minimum absolute atomic E-state index is 0.0743. The SMILES string of the molecule is CCCCC(=O)N1[C@@H](C(=O)Nc2ccc(C)cc2)CS[C@@H]1CCC. The van der Waals surface area contributed by atoms with E-state index < -0.39 is 0 Å². The Kier molecular flexibility index (Phi) is 7.16. The lowest BCUT2D eigenvalue weighted by Gasteiger charge is -2.29. The first kappa shape index (κ1) is 18.8. The maximum atomic E-state index is 12.7. The molecule has 0 spiro atoms. The van der Waals surface area contributed by atoms with Crippen molar-refractivity contribution < 1.29 is 9.59 Å². The summed E-state index contributed by atoms with van der Waals surface area (Å²) < 4.78 is 0. The number of rotatable bonds is 7. The fraction of sp³-hybridized carbons (Fsp3) is 0.579. The molecule has 1 heterocycles. The highest BCUT2D eigenvalue weighted by molar-refractivity contribution is 8.00. The quantitative estimate of drug-likeness (QED) is 0.803. The van der Waals surface area contributed by atoms with E-state index in [0.29, 0.717) is 12.2 Å². The molecule has 132 valence electrons. The van der Waals surface area contributed by atoms with E-state index in [1.54, 1.807) is 11.8 Å². The van der Waals surface area contributed by atoms with Crippen LogP contribution in [0, 0.1) is 6.92 Å². The number of thioether (sulfide) groups is 1. The topological polar surface area (TPSA) is 49.4 Å². The van der Waals surface area contributed by atoms with Gasteiger partial charge in [0.2, 0.25) is 11.8 Å². The molecule has 2 rings (SSSR count). The standard InChI is InChI=1S/C19H28N2O2S/c1-4-6-8-17(22)21-16(13-24-18(21)7-5-2)19(23)20-15-11-9-14(3)10-12-15/h9-12,16,18H,4-8,13H2,1-3H3,(H,20,23)/t16-,18-/m1/s1. The Bertz CT molecular complexity index is 559. The van der Waals surface area contributed by atoms with E-state index in [2.05, 4.69) is 19.2 Å². The molecule has 0 unspecified atom stereocenters. The summed E-state index contributed by atoms with van der Waals surface area (Å²) in [5.74, 6) is 0.722. The Labute approximate surface area is 149 Å². The van der Waals surface area contributed by atoms with Gasteiger partial charge in [0.15, 0.2) is 0 Å². The van der Waals surface area contributed by atoms with Crippen molar-refractivity contribution in [3.63, 3.8) is 0 Å². The Balaban J connectivity index is 2.08. The van der Waals surface area contributed by atoms with Crippen LogP contribution in [0.25, 0.3) is 0 Å². The van der Waals surface area contributed by atoms with Crippen molar-refractivity contribution in [3.8, 4) is 0 Å². The van der Waals surface area contributed by atoms with Crippen molar-refractivity contribution in [2.24, 2.45) is 0 Å². The van der Waals surface area contributed by atoms with Gasteiger partial charge in [0.25, 0.3) is 0 Å². The van der Waals surface area contributed by atoms with E-state index >= 15 is 0 Å². The molecule has 0 bridgehead atoms. The third-order valence-corrected chi connectivity index (χ3v) is 5.64. The van der Waals surface area contributed by atoms with Gasteiger partial charge in [-0.25, -0.2) is 0 Å². The van der Waals surface area contributed by atoms with Crippen molar-refractivity contribution in [2.75, 3.05) is 11.1 Å². The van der Waals surface area contributed by atoms with Crippen LogP contribution in [0.2, 0.25) is 0 Å². The van der Waals surface area contributed by atoms with Gasteiger partial charge in [-0.2, -0.15) is 0 Å². The van der Waals surface area contributed by atoms with E-state index in [1.807, 2.05) is 36.1 Å². The van der Waals surface area contributed by atoms with Crippen LogP contribution in [-0.4, -0.2) is 33.9 Å². The number of amides is 2. The second-order valence-electron chi connectivity index (χ2n) is 6.35. The summed E-state index contributed by atoms with van der Waals surface area (Å²) >= 11 is 1.73. The summed E-state index contributed by atoms with van der Waals surface area (Å²) in [6.07, 6.45) is 4.36. The maximum absolute atomic E-state index is 12.7. The van der Waals surface area contributed by atoms with Crippen LogP contribution >= 0.6 is 11.8 Å². The number of nitrogens with zero attached hydrogens (tertiary/aromatic N) is 1. The zero-order chi connectivity index (χ0) is 17.5. The van der Waals surface area contributed by atoms with Crippen LogP contribution in [0.15, 0.2) is 24.3 Å². The lowest BCUT2D eigenvalue weighted by molar-refractivity contribution is -0.138. The van der Waals surface area contributed by atoms with E-state index in [0.717, 1.165) is 36.9 Å². The fourth-order valence-electron chi connectivity index (χ4n) is 2.89. The number of aryl methyl sites for hydroxylation is 1. The first-order valence-corrected chi connectivity index (χ1v) is 9.92. The molecule has 2 atom stereocenters. The van der Waals surface area contributed by atoms with Gasteiger partial charge in [-0.1, -0.05) is 44.4 Å². The number of anilines is 1. The minimum Gasteiger partial charge on any atom is -0.324 e. The average molecular weight is 349 g/mol. The van der Waals surface area contributed by atoms with Gasteiger partial charge in [0, 0.05) is 17.9 Å². The molecule has 1 aromatic rings. The predicted octanol–water partition coefficient (Wildman–Crippen LogP) is 4.19. The van der Waals surface area contributed by atoms with Crippen molar-refractivity contribution in [1.29, 1.82) is 0 Å². The van der Waals surface area contributed by atoms with Gasteiger partial charge in [-0.15, -0.1) is 11.8 Å². The summed E-state index contributed by atoms with van der Waals surface area (Å²) in [7, 11) is 0. The molecule has 0 aliphatic carbocycles. The number of hydrogen-bond acceptors (Lipinski definition) is 3. The van der Waals surface area contributed by atoms with Crippen molar-refractivity contribution in [2.45, 2.75) is 64.3 Å². The largest absolute Gasteiger partial charge is 0.324 e. The van der Waals surface area contributed by atoms with Gasteiger partial charge >= 0.3 is 0 Å². The van der Waals surface area contributed by atoms with E-state index in [-0.39, 0.29) is 23.2 Å². The Morgan fingerprint density at radius 3 is 2.54 bits per heavy atom. The molecule has 1 saturated heterocycles. The van der Waals surface area contributed by atoms with Crippen LogP contribution in [0.3, 0.4) is 0 Å². The Morgan fingerprint density at radius 1 is 1.21 bits per heavy atom. The molecule has 2 amide bonds. The number of unbranched alkanes of at least 4 members (excludes halogenated alkanes) is 1. The fourth-order valence-corrected chi connectivity index (χ4v) is 4.43. The Hall–Kier alpha value is -1.49. The molecular weight excluding hydrogens is 320 g/mol. The van der Waals surface area contributed by atoms with Crippen molar-refractivity contribution >= 4 is 29.3 Å². The summed E-state index contributed by atoms with van der Waals surface area (Å²) in [5.41, 5.74) is 1.94. The highest BCUT2D eigenvalue weighted by Gasteiger charge is 2.40. The zero-order valence-electron chi connectivity index (χ0n) is 14.9. The van der Waals surface area contributed by atoms with Gasteiger partial charge in [-0.3, -0.25) is 9.59 Å². The van der Waals surface area contributed by atoms with Crippen LogP contribution in [0.4, 0.5) is 5.69 Å². The smallest absolute Gasteiger partial charge is 0.248 e. The third-order valence-electron chi connectivity index (χ3n) is 4.28. The molecule has 1 aromatic carbocycles. The molecule has 0 radical (unpaired) electrons. The normalized spacial score (nSPS) is 20.2. The summed E-state index contributed by atoms with van der Waals surface area (Å²) in [4.78, 5) is 27.2. The number of carbonyl (C=O) groups excluding carboxylic acids is 2.